The predicted octanol–water partition coefficient (Wildman–Crippen LogP) is 0.931. The second-order valence-electron chi connectivity index (χ2n) is 5.92. The third-order valence-corrected chi connectivity index (χ3v) is 4.21. The number of carbonyl (C=O) groups is 1. The van der Waals surface area contributed by atoms with Gasteiger partial charge >= 0.3 is 0 Å². The van der Waals surface area contributed by atoms with Gasteiger partial charge in [0.05, 0.1) is 13.2 Å². The fourth-order valence-corrected chi connectivity index (χ4v) is 2.75. The number of nitrogens with two attached hydrogens (primary N) is 1. The average molecular weight is 341 g/mol. The van der Waals surface area contributed by atoms with Gasteiger partial charge in [0.25, 0.3) is 5.91 Å². The van der Waals surface area contributed by atoms with Gasteiger partial charge in [0, 0.05) is 49.8 Å². The first-order valence-corrected chi connectivity index (χ1v) is 8.33. The Kier molecular flexibility index (Phi) is 5.95. The number of hydrogen-bond donors (Lipinski definition) is 3. The topological polar surface area (TPSA) is 92.5 Å². The van der Waals surface area contributed by atoms with Crippen LogP contribution in [-0.4, -0.2) is 42.1 Å². The number of hydrazine groups is 1. The van der Waals surface area contributed by atoms with Crippen molar-refractivity contribution in [2.45, 2.75) is 13.1 Å². The van der Waals surface area contributed by atoms with Gasteiger partial charge < -0.3 is 10.5 Å². The van der Waals surface area contributed by atoms with Gasteiger partial charge in [-0.05, 0) is 23.3 Å². The van der Waals surface area contributed by atoms with E-state index in [4.69, 9.17) is 10.5 Å². The first-order valence-electron chi connectivity index (χ1n) is 8.33. The molecule has 0 atom stereocenters. The predicted molar refractivity (Wildman–Crippen MR) is 95.5 cm³/mol. The van der Waals surface area contributed by atoms with E-state index in [1.165, 1.54) is 0 Å². The number of nitrogens with zero attached hydrogens (tertiary/aromatic N) is 2. The number of nitrogens with one attached hydrogen (secondary N) is 2. The molecular formula is C18H23N5O2. The van der Waals surface area contributed by atoms with Gasteiger partial charge in [-0.3, -0.25) is 20.1 Å². The van der Waals surface area contributed by atoms with Gasteiger partial charge in [-0.25, -0.2) is 5.43 Å². The highest BCUT2D eigenvalue weighted by Crippen LogP contribution is 2.19. The summed E-state index contributed by atoms with van der Waals surface area (Å²) in [4.78, 5) is 18.2. The molecule has 0 radical (unpaired) electrons. The molecule has 1 aromatic heterocycles. The summed E-state index contributed by atoms with van der Waals surface area (Å²) in [6.07, 6.45) is 3.17. The molecule has 2 aromatic rings. The van der Waals surface area contributed by atoms with Crippen molar-refractivity contribution in [3.8, 4) is 0 Å². The van der Waals surface area contributed by atoms with E-state index in [2.05, 4.69) is 20.7 Å². The van der Waals surface area contributed by atoms with Crippen LogP contribution in [0.1, 0.15) is 21.5 Å². The van der Waals surface area contributed by atoms with E-state index in [9.17, 15) is 4.79 Å². The SMILES string of the molecule is Nc1c(CNNC(=O)c2ccncc2)cccc1CN1CCOCC1. The zero-order valence-corrected chi connectivity index (χ0v) is 14.1. The lowest BCUT2D eigenvalue weighted by molar-refractivity contribution is 0.0343. The first kappa shape index (κ1) is 17.3. The number of hydrogen-bond acceptors (Lipinski definition) is 6. The Morgan fingerprint density at radius 1 is 1.16 bits per heavy atom. The van der Waals surface area contributed by atoms with Gasteiger partial charge in [-0.1, -0.05) is 18.2 Å². The lowest BCUT2D eigenvalue weighted by Gasteiger charge is -2.27. The molecule has 0 unspecified atom stereocenters. The number of rotatable bonds is 6. The standard InChI is InChI=1S/C18H23N5O2/c19-17-15(12-21-22-18(24)14-4-6-20-7-5-14)2-1-3-16(17)13-23-8-10-25-11-9-23/h1-7,21H,8-13,19H2,(H,22,24). The molecule has 0 bridgehead atoms. The average Bonchev–Trinajstić information content (AvgIpc) is 2.66. The van der Waals surface area contributed by atoms with Crippen LogP contribution in [0.5, 0.6) is 0 Å². The van der Waals surface area contributed by atoms with Gasteiger partial charge in [-0.2, -0.15) is 0 Å². The highest BCUT2D eigenvalue weighted by Gasteiger charge is 2.13. The Morgan fingerprint density at radius 3 is 2.64 bits per heavy atom. The van der Waals surface area contributed by atoms with Crippen molar-refractivity contribution >= 4 is 11.6 Å². The van der Waals surface area contributed by atoms with Crippen molar-refractivity contribution in [1.29, 1.82) is 0 Å². The Hall–Kier alpha value is -2.48. The molecule has 1 aromatic carbocycles. The summed E-state index contributed by atoms with van der Waals surface area (Å²) in [6, 6.07) is 9.32. The lowest BCUT2D eigenvalue weighted by atomic mass is 10.1. The quantitative estimate of drug-likeness (QED) is 0.535. The highest BCUT2D eigenvalue weighted by molar-refractivity contribution is 5.93. The molecule has 1 amide bonds. The molecule has 0 saturated carbocycles. The van der Waals surface area contributed by atoms with E-state index in [0.29, 0.717) is 12.1 Å². The molecule has 1 aliphatic heterocycles. The van der Waals surface area contributed by atoms with E-state index in [1.807, 2.05) is 18.2 Å². The summed E-state index contributed by atoms with van der Waals surface area (Å²) in [6.45, 7) is 4.64. The van der Waals surface area contributed by atoms with E-state index in [1.54, 1.807) is 24.5 Å². The summed E-state index contributed by atoms with van der Waals surface area (Å²) < 4.78 is 5.38. The minimum absolute atomic E-state index is 0.203. The van der Waals surface area contributed by atoms with Gasteiger partial charge in [0.1, 0.15) is 0 Å². The number of carbonyl (C=O) groups excluding carboxylic acids is 1. The second kappa shape index (κ2) is 8.57. The van der Waals surface area contributed by atoms with Gasteiger partial charge in [0.15, 0.2) is 0 Å². The van der Waals surface area contributed by atoms with E-state index in [-0.39, 0.29) is 5.91 Å². The maximum atomic E-state index is 12.0. The number of pyridine rings is 1. The zero-order chi connectivity index (χ0) is 17.5. The van der Waals surface area contributed by atoms with Crippen LogP contribution in [0.3, 0.4) is 0 Å². The normalized spacial score (nSPS) is 15.0. The smallest absolute Gasteiger partial charge is 0.265 e. The third kappa shape index (κ3) is 4.76. The summed E-state index contributed by atoms with van der Waals surface area (Å²) in [5.41, 5.74) is 15.3. The molecule has 0 spiro atoms. The van der Waals surface area contributed by atoms with E-state index >= 15 is 0 Å². The fraction of sp³-hybridized carbons (Fsp3) is 0.333. The minimum Gasteiger partial charge on any atom is -0.398 e. The number of para-hydroxylation sites is 1. The Labute approximate surface area is 147 Å². The van der Waals surface area contributed by atoms with Crippen molar-refractivity contribution in [1.82, 2.24) is 20.7 Å². The van der Waals surface area contributed by atoms with E-state index < -0.39 is 0 Å². The summed E-state index contributed by atoms with van der Waals surface area (Å²) in [5, 5.41) is 0. The molecular weight excluding hydrogens is 318 g/mol. The molecule has 25 heavy (non-hydrogen) atoms. The molecule has 3 rings (SSSR count). The Morgan fingerprint density at radius 2 is 1.88 bits per heavy atom. The second-order valence-corrected chi connectivity index (χ2v) is 5.92. The van der Waals surface area contributed by atoms with Gasteiger partial charge in [0.2, 0.25) is 0 Å². The summed E-state index contributed by atoms with van der Waals surface area (Å²) in [5.74, 6) is -0.203. The van der Waals surface area contributed by atoms with Gasteiger partial charge in [-0.15, -0.1) is 0 Å². The Bertz CT molecular complexity index is 702. The zero-order valence-electron chi connectivity index (χ0n) is 14.1. The number of benzene rings is 1. The summed E-state index contributed by atoms with van der Waals surface area (Å²) in [7, 11) is 0. The van der Waals surface area contributed by atoms with Crippen molar-refractivity contribution in [2.75, 3.05) is 32.0 Å². The van der Waals surface area contributed by atoms with Crippen molar-refractivity contribution in [2.24, 2.45) is 0 Å². The van der Waals surface area contributed by atoms with E-state index in [0.717, 1.165) is 49.7 Å². The van der Waals surface area contributed by atoms with Crippen molar-refractivity contribution in [3.63, 3.8) is 0 Å². The molecule has 7 heteroatoms. The van der Waals surface area contributed by atoms with Crippen LogP contribution in [0.4, 0.5) is 5.69 Å². The number of amides is 1. The molecule has 0 aliphatic carbocycles. The lowest BCUT2D eigenvalue weighted by Crippen LogP contribution is -2.37. The maximum absolute atomic E-state index is 12.0. The van der Waals surface area contributed by atoms with Crippen molar-refractivity contribution in [3.05, 3.63) is 59.4 Å². The van der Waals surface area contributed by atoms with Crippen LogP contribution in [0.25, 0.3) is 0 Å². The fourth-order valence-electron chi connectivity index (χ4n) is 2.75. The first-order chi connectivity index (χ1) is 12.2. The molecule has 2 heterocycles. The highest BCUT2D eigenvalue weighted by atomic mass is 16.5. The molecule has 4 N–H and O–H groups in total. The molecule has 1 aliphatic rings. The number of nitrogen functional groups attached to an aromatic ring is 1. The largest absolute Gasteiger partial charge is 0.398 e. The number of ether oxygens (including phenoxy) is 1. The minimum atomic E-state index is -0.203. The monoisotopic (exact) mass is 341 g/mol. The number of anilines is 1. The molecule has 7 nitrogen and oxygen atoms in total. The van der Waals surface area contributed by atoms with Crippen LogP contribution in [0.15, 0.2) is 42.7 Å². The third-order valence-electron chi connectivity index (χ3n) is 4.21. The van der Waals surface area contributed by atoms with Crippen LogP contribution >= 0.6 is 0 Å². The maximum Gasteiger partial charge on any atom is 0.265 e. The molecule has 1 fully saturated rings. The van der Waals surface area contributed by atoms with Crippen molar-refractivity contribution < 1.29 is 9.53 Å². The van der Waals surface area contributed by atoms with Crippen LogP contribution in [0.2, 0.25) is 0 Å². The molecule has 132 valence electrons. The van der Waals surface area contributed by atoms with Crippen LogP contribution in [-0.2, 0) is 17.8 Å². The Balaban J connectivity index is 1.55. The number of morpholine rings is 1. The van der Waals surface area contributed by atoms with Crippen LogP contribution < -0.4 is 16.6 Å². The molecule has 1 saturated heterocycles. The number of aromatic nitrogens is 1. The summed E-state index contributed by atoms with van der Waals surface area (Å²) >= 11 is 0. The van der Waals surface area contributed by atoms with Crippen LogP contribution in [0, 0.1) is 0 Å².